The standard InChI is InChI=1S/C16H13NO/c18-11-12-3-1-4-13(9-12)15-6-2-5-14-10-17-8-7-16(14)15/h1-10,18H,11H2. The van der Waals surface area contributed by atoms with Crippen molar-refractivity contribution in [2.45, 2.75) is 6.61 Å². The number of aromatic nitrogens is 1. The Labute approximate surface area is 106 Å². The Bertz CT molecular complexity index is 686. The molecule has 3 rings (SSSR count). The molecule has 0 aliphatic rings. The van der Waals surface area contributed by atoms with Crippen molar-refractivity contribution >= 4 is 10.8 Å². The number of nitrogens with zero attached hydrogens (tertiary/aromatic N) is 1. The summed E-state index contributed by atoms with van der Waals surface area (Å²) >= 11 is 0. The van der Waals surface area contributed by atoms with Crippen LogP contribution >= 0.6 is 0 Å². The molecule has 18 heavy (non-hydrogen) atoms. The molecule has 0 aliphatic carbocycles. The van der Waals surface area contributed by atoms with Gasteiger partial charge in [0, 0.05) is 17.8 Å². The van der Waals surface area contributed by atoms with E-state index in [0.29, 0.717) is 0 Å². The van der Waals surface area contributed by atoms with Gasteiger partial charge in [-0.15, -0.1) is 0 Å². The lowest BCUT2D eigenvalue weighted by Gasteiger charge is -2.07. The number of fused-ring (bicyclic) bond motifs is 1. The first kappa shape index (κ1) is 10.9. The third-order valence-electron chi connectivity index (χ3n) is 3.10. The fourth-order valence-corrected chi connectivity index (χ4v) is 2.21. The van der Waals surface area contributed by atoms with Crippen LogP contribution < -0.4 is 0 Å². The van der Waals surface area contributed by atoms with Crippen molar-refractivity contribution in [3.8, 4) is 11.1 Å². The van der Waals surface area contributed by atoms with E-state index in [2.05, 4.69) is 23.2 Å². The second-order valence-electron chi connectivity index (χ2n) is 4.26. The normalized spacial score (nSPS) is 10.7. The third-order valence-corrected chi connectivity index (χ3v) is 3.10. The molecule has 0 bridgehead atoms. The molecule has 0 saturated heterocycles. The highest BCUT2D eigenvalue weighted by Crippen LogP contribution is 2.28. The van der Waals surface area contributed by atoms with Crippen LogP contribution in [0.4, 0.5) is 0 Å². The molecule has 2 heteroatoms. The van der Waals surface area contributed by atoms with Gasteiger partial charge in [-0.25, -0.2) is 0 Å². The van der Waals surface area contributed by atoms with Crippen LogP contribution in [0.5, 0.6) is 0 Å². The lowest BCUT2D eigenvalue weighted by atomic mass is 9.98. The quantitative estimate of drug-likeness (QED) is 0.738. The Morgan fingerprint density at radius 1 is 1.00 bits per heavy atom. The zero-order chi connectivity index (χ0) is 12.4. The van der Waals surface area contributed by atoms with E-state index < -0.39 is 0 Å². The molecular formula is C16H13NO. The fraction of sp³-hybridized carbons (Fsp3) is 0.0625. The van der Waals surface area contributed by atoms with Crippen molar-refractivity contribution in [2.24, 2.45) is 0 Å². The van der Waals surface area contributed by atoms with Crippen LogP contribution in [0.1, 0.15) is 5.56 Å². The van der Waals surface area contributed by atoms with E-state index in [-0.39, 0.29) is 6.61 Å². The summed E-state index contributed by atoms with van der Waals surface area (Å²) < 4.78 is 0. The van der Waals surface area contributed by atoms with Crippen molar-refractivity contribution in [3.05, 3.63) is 66.5 Å². The molecule has 1 N–H and O–H groups in total. The Morgan fingerprint density at radius 3 is 2.78 bits per heavy atom. The molecule has 0 atom stereocenters. The predicted octanol–water partition coefficient (Wildman–Crippen LogP) is 3.39. The number of hydrogen-bond acceptors (Lipinski definition) is 2. The first-order valence-corrected chi connectivity index (χ1v) is 5.91. The van der Waals surface area contributed by atoms with Gasteiger partial charge in [-0.05, 0) is 34.2 Å². The second-order valence-corrected chi connectivity index (χ2v) is 4.26. The van der Waals surface area contributed by atoms with E-state index in [9.17, 15) is 5.11 Å². The summed E-state index contributed by atoms with van der Waals surface area (Å²) in [6.07, 6.45) is 3.68. The highest BCUT2D eigenvalue weighted by Gasteiger charge is 2.03. The number of aliphatic hydroxyl groups is 1. The largest absolute Gasteiger partial charge is 0.392 e. The van der Waals surface area contributed by atoms with Crippen LogP contribution in [-0.2, 0) is 6.61 Å². The molecular weight excluding hydrogens is 222 g/mol. The fourth-order valence-electron chi connectivity index (χ4n) is 2.21. The summed E-state index contributed by atoms with van der Waals surface area (Å²) in [5.74, 6) is 0. The lowest BCUT2D eigenvalue weighted by molar-refractivity contribution is 0.282. The molecule has 1 heterocycles. The molecule has 0 unspecified atom stereocenters. The first-order chi connectivity index (χ1) is 8.88. The van der Waals surface area contributed by atoms with Gasteiger partial charge in [0.25, 0.3) is 0 Å². The molecule has 0 fully saturated rings. The van der Waals surface area contributed by atoms with Crippen LogP contribution in [0.25, 0.3) is 21.9 Å². The first-order valence-electron chi connectivity index (χ1n) is 5.91. The highest BCUT2D eigenvalue weighted by molar-refractivity contribution is 5.96. The van der Waals surface area contributed by atoms with Crippen molar-refractivity contribution in [1.82, 2.24) is 4.98 Å². The van der Waals surface area contributed by atoms with Gasteiger partial charge < -0.3 is 5.11 Å². The molecule has 2 nitrogen and oxygen atoms in total. The summed E-state index contributed by atoms with van der Waals surface area (Å²) in [7, 11) is 0. The van der Waals surface area contributed by atoms with Crippen LogP contribution in [0, 0.1) is 0 Å². The zero-order valence-corrected chi connectivity index (χ0v) is 9.88. The SMILES string of the molecule is OCc1cccc(-c2cccc3cnccc23)c1. The molecule has 2 aromatic carbocycles. The molecule has 0 spiro atoms. The van der Waals surface area contributed by atoms with Crippen molar-refractivity contribution in [3.63, 3.8) is 0 Å². The van der Waals surface area contributed by atoms with Crippen molar-refractivity contribution in [2.75, 3.05) is 0 Å². The Balaban J connectivity index is 2.24. The summed E-state index contributed by atoms with van der Waals surface area (Å²) in [6.45, 7) is 0.0696. The number of benzene rings is 2. The van der Waals surface area contributed by atoms with Gasteiger partial charge >= 0.3 is 0 Å². The molecule has 88 valence electrons. The molecule has 0 saturated carbocycles. The van der Waals surface area contributed by atoms with Crippen LogP contribution in [0.2, 0.25) is 0 Å². The minimum absolute atomic E-state index is 0.0696. The average Bonchev–Trinajstić information content (AvgIpc) is 2.47. The number of pyridine rings is 1. The Kier molecular flexibility index (Phi) is 2.79. The third kappa shape index (κ3) is 1.87. The van der Waals surface area contributed by atoms with Crippen LogP contribution in [0.15, 0.2) is 60.9 Å². The minimum atomic E-state index is 0.0696. The van der Waals surface area contributed by atoms with E-state index in [1.54, 1.807) is 0 Å². The van der Waals surface area contributed by atoms with Gasteiger partial charge in [-0.3, -0.25) is 4.98 Å². The molecule has 0 amide bonds. The van der Waals surface area contributed by atoms with Crippen LogP contribution in [-0.4, -0.2) is 10.1 Å². The van der Waals surface area contributed by atoms with E-state index in [1.165, 1.54) is 10.9 Å². The Morgan fingerprint density at radius 2 is 1.89 bits per heavy atom. The smallest absolute Gasteiger partial charge is 0.0682 e. The van der Waals surface area contributed by atoms with Crippen LogP contribution in [0.3, 0.4) is 0 Å². The summed E-state index contributed by atoms with van der Waals surface area (Å²) in [5.41, 5.74) is 3.22. The van der Waals surface area contributed by atoms with Gasteiger partial charge in [0.2, 0.25) is 0 Å². The monoisotopic (exact) mass is 235 g/mol. The Hall–Kier alpha value is -2.19. The van der Waals surface area contributed by atoms with E-state index in [4.69, 9.17) is 0 Å². The molecule has 0 aliphatic heterocycles. The van der Waals surface area contributed by atoms with Gasteiger partial charge in [-0.2, -0.15) is 0 Å². The number of hydrogen-bond donors (Lipinski definition) is 1. The number of aliphatic hydroxyl groups excluding tert-OH is 1. The second kappa shape index (κ2) is 4.59. The maximum atomic E-state index is 9.21. The summed E-state index contributed by atoms with van der Waals surface area (Å²) in [6, 6.07) is 16.2. The van der Waals surface area contributed by atoms with Gasteiger partial charge in [-0.1, -0.05) is 36.4 Å². The molecule has 1 aromatic heterocycles. The van der Waals surface area contributed by atoms with Gasteiger partial charge in [0.05, 0.1) is 6.61 Å². The molecule has 0 radical (unpaired) electrons. The van der Waals surface area contributed by atoms with Gasteiger partial charge in [0.15, 0.2) is 0 Å². The number of rotatable bonds is 2. The molecule has 3 aromatic rings. The minimum Gasteiger partial charge on any atom is -0.392 e. The van der Waals surface area contributed by atoms with Crippen molar-refractivity contribution in [1.29, 1.82) is 0 Å². The highest BCUT2D eigenvalue weighted by atomic mass is 16.3. The average molecular weight is 235 g/mol. The topological polar surface area (TPSA) is 33.1 Å². The van der Waals surface area contributed by atoms with Crippen molar-refractivity contribution < 1.29 is 5.11 Å². The zero-order valence-electron chi connectivity index (χ0n) is 9.88. The van der Waals surface area contributed by atoms with E-state index in [0.717, 1.165) is 16.5 Å². The maximum absolute atomic E-state index is 9.21. The van der Waals surface area contributed by atoms with E-state index in [1.807, 2.05) is 42.7 Å². The summed E-state index contributed by atoms with van der Waals surface area (Å²) in [5, 5.41) is 11.5. The van der Waals surface area contributed by atoms with E-state index >= 15 is 0 Å². The summed E-state index contributed by atoms with van der Waals surface area (Å²) in [4.78, 5) is 4.14. The maximum Gasteiger partial charge on any atom is 0.0682 e. The van der Waals surface area contributed by atoms with Gasteiger partial charge in [0.1, 0.15) is 0 Å². The predicted molar refractivity (Wildman–Crippen MR) is 73.1 cm³/mol. The lowest BCUT2D eigenvalue weighted by Crippen LogP contribution is -1.86.